The summed E-state index contributed by atoms with van der Waals surface area (Å²) in [6.45, 7) is 8.19. The highest BCUT2D eigenvalue weighted by atomic mass is 32.2. The fraction of sp³-hybridized carbons (Fsp3) is 0.200. The number of aromatic amines is 1. The van der Waals surface area contributed by atoms with Gasteiger partial charge >= 0.3 is 5.97 Å². The third kappa shape index (κ3) is 5.95. The zero-order valence-corrected chi connectivity index (χ0v) is 19.1. The van der Waals surface area contributed by atoms with Crippen molar-refractivity contribution in [2.24, 2.45) is 0 Å². The predicted molar refractivity (Wildman–Crippen MR) is 125 cm³/mol. The number of carboxylic acid groups (broad SMARTS) is 1. The number of anilines is 2. The number of hydrogen-bond acceptors (Lipinski definition) is 9. The molecule has 3 rings (SSSR count). The summed E-state index contributed by atoms with van der Waals surface area (Å²) in [5.74, 6) is -0.904. The normalized spacial score (nSPS) is 10.7. The first kappa shape index (κ1) is 23.5. The Morgan fingerprint density at radius 1 is 1.34 bits per heavy atom. The van der Waals surface area contributed by atoms with E-state index in [1.807, 2.05) is 32.0 Å². The molecule has 10 nitrogen and oxygen atoms in total. The number of H-pyrrole nitrogens is 1. The number of hydrogen-bond donors (Lipinski definition) is 3. The molecule has 0 amide bonds. The largest absolute Gasteiger partial charge is 0.480 e. The number of allylic oxidation sites excluding steroid dienone is 1. The van der Waals surface area contributed by atoms with Crippen molar-refractivity contribution in [1.29, 1.82) is 0 Å². The van der Waals surface area contributed by atoms with Gasteiger partial charge in [-0.3, -0.25) is 4.79 Å². The number of likely N-dealkylation sites (N-methyl/N-ethyl adjacent to an activating group) is 1. The van der Waals surface area contributed by atoms with Crippen LogP contribution >= 0.6 is 24.3 Å². The van der Waals surface area contributed by atoms with Gasteiger partial charge in [-0.15, -0.1) is 9.32 Å². The molecule has 168 valence electrons. The molecule has 0 radical (unpaired) electrons. The Bertz CT molecular complexity index is 1150. The van der Waals surface area contributed by atoms with E-state index >= 15 is 0 Å². The molecule has 0 aliphatic heterocycles. The van der Waals surface area contributed by atoms with E-state index in [-0.39, 0.29) is 6.54 Å². The third-order valence-electron chi connectivity index (χ3n) is 4.40. The van der Waals surface area contributed by atoms with Crippen LogP contribution < -0.4 is 10.4 Å². The average molecular weight is 475 g/mol. The summed E-state index contributed by atoms with van der Waals surface area (Å²) in [6, 6.07) is 12.7. The summed E-state index contributed by atoms with van der Waals surface area (Å²) in [5, 5.41) is 19.3. The van der Waals surface area contributed by atoms with E-state index in [0.29, 0.717) is 17.0 Å². The average Bonchev–Trinajstić information content (AvgIpc) is 3.21. The topological polar surface area (TPSA) is 118 Å². The maximum atomic E-state index is 11.2. The van der Waals surface area contributed by atoms with Gasteiger partial charge in [0.1, 0.15) is 6.54 Å². The van der Waals surface area contributed by atoms with Gasteiger partial charge in [0.05, 0.1) is 23.4 Å². The minimum absolute atomic E-state index is 0.111. The number of carbonyl (C=O) groups is 1. The van der Waals surface area contributed by atoms with Crippen LogP contribution in [0.3, 0.4) is 0 Å². The second kappa shape index (κ2) is 10.9. The summed E-state index contributed by atoms with van der Waals surface area (Å²) in [6.07, 6.45) is 0. The minimum atomic E-state index is -0.904. The Morgan fingerprint density at radius 3 is 2.69 bits per heavy atom. The third-order valence-corrected chi connectivity index (χ3v) is 5.25. The number of aliphatic carboxylic acids is 1. The standard InChI is InChI=1S/C20H22N6O4S2/c1-4-25(12-19(27)28)18-11-16(9-10-17(18)13(2)3)32-30-29-22-14-5-7-15(8-6-14)26-20(31)21-23-24-26/h5-11,22H,2,4,12H2,1,3H3,(H,27,28)(H,21,24,31). The van der Waals surface area contributed by atoms with Gasteiger partial charge in [0.15, 0.2) is 0 Å². The lowest BCUT2D eigenvalue weighted by atomic mass is 10.1. The van der Waals surface area contributed by atoms with Gasteiger partial charge in [-0.25, -0.2) is 10.2 Å². The molecule has 0 aliphatic rings. The van der Waals surface area contributed by atoms with Gasteiger partial charge in [-0.2, -0.15) is 5.21 Å². The lowest BCUT2D eigenvalue weighted by Crippen LogP contribution is -2.30. The van der Waals surface area contributed by atoms with Crippen LogP contribution in [-0.4, -0.2) is 44.4 Å². The minimum Gasteiger partial charge on any atom is -0.480 e. The first-order valence-corrected chi connectivity index (χ1v) is 10.7. The fourth-order valence-electron chi connectivity index (χ4n) is 2.88. The van der Waals surface area contributed by atoms with Gasteiger partial charge in [0.25, 0.3) is 0 Å². The molecule has 2 aromatic carbocycles. The number of carboxylic acids is 1. The summed E-state index contributed by atoms with van der Waals surface area (Å²) < 4.78 is 7.08. The molecule has 0 spiro atoms. The second-order valence-corrected chi connectivity index (χ2v) is 7.81. The van der Waals surface area contributed by atoms with Gasteiger partial charge in [0.2, 0.25) is 4.77 Å². The zero-order chi connectivity index (χ0) is 23.1. The van der Waals surface area contributed by atoms with Crippen molar-refractivity contribution in [1.82, 2.24) is 20.2 Å². The number of nitrogens with zero attached hydrogens (tertiary/aromatic N) is 4. The highest BCUT2D eigenvalue weighted by Gasteiger charge is 2.15. The smallest absolute Gasteiger partial charge is 0.323 e. The van der Waals surface area contributed by atoms with Crippen LogP contribution in [0.25, 0.3) is 11.3 Å². The molecule has 0 bridgehead atoms. The summed E-state index contributed by atoms with van der Waals surface area (Å²) in [7, 11) is 0. The molecule has 32 heavy (non-hydrogen) atoms. The highest BCUT2D eigenvalue weighted by Crippen LogP contribution is 2.32. The van der Waals surface area contributed by atoms with Gasteiger partial charge in [-0.1, -0.05) is 23.0 Å². The molecule has 3 N–H and O–H groups in total. The molecular weight excluding hydrogens is 452 g/mol. The Morgan fingerprint density at radius 2 is 2.09 bits per heavy atom. The van der Waals surface area contributed by atoms with Crippen LogP contribution in [0.5, 0.6) is 0 Å². The summed E-state index contributed by atoms with van der Waals surface area (Å²) in [5.41, 5.74) is 6.60. The first-order chi connectivity index (χ1) is 15.4. The van der Waals surface area contributed by atoms with Crippen LogP contribution in [-0.2, 0) is 14.1 Å². The molecule has 0 saturated carbocycles. The van der Waals surface area contributed by atoms with Gasteiger partial charge in [-0.05, 0) is 68.0 Å². The lowest BCUT2D eigenvalue weighted by Gasteiger charge is -2.24. The van der Waals surface area contributed by atoms with E-state index < -0.39 is 5.97 Å². The molecule has 0 aliphatic carbocycles. The molecule has 3 aromatic rings. The van der Waals surface area contributed by atoms with Crippen LogP contribution in [0.15, 0.2) is 53.9 Å². The van der Waals surface area contributed by atoms with E-state index in [1.54, 1.807) is 33.8 Å². The van der Waals surface area contributed by atoms with Crippen LogP contribution in [0.1, 0.15) is 19.4 Å². The second-order valence-electron chi connectivity index (χ2n) is 6.67. The Balaban J connectivity index is 1.60. The number of rotatable bonds is 11. The predicted octanol–water partition coefficient (Wildman–Crippen LogP) is 4.25. The maximum Gasteiger partial charge on any atom is 0.323 e. The Labute approximate surface area is 193 Å². The lowest BCUT2D eigenvalue weighted by molar-refractivity contribution is -0.161. The maximum absolute atomic E-state index is 11.2. The van der Waals surface area contributed by atoms with E-state index in [0.717, 1.165) is 39.4 Å². The van der Waals surface area contributed by atoms with Crippen molar-refractivity contribution in [2.45, 2.75) is 18.7 Å². The van der Waals surface area contributed by atoms with Crippen molar-refractivity contribution in [2.75, 3.05) is 23.5 Å². The molecule has 0 atom stereocenters. The number of nitrogens with one attached hydrogen (secondary N) is 2. The van der Waals surface area contributed by atoms with E-state index in [1.165, 1.54) is 0 Å². The van der Waals surface area contributed by atoms with Crippen LogP contribution in [0, 0.1) is 4.77 Å². The monoisotopic (exact) mass is 474 g/mol. The number of tetrazole rings is 1. The number of benzene rings is 2. The van der Waals surface area contributed by atoms with Crippen molar-refractivity contribution in [3.63, 3.8) is 0 Å². The molecule has 0 fully saturated rings. The zero-order valence-electron chi connectivity index (χ0n) is 17.4. The van der Waals surface area contributed by atoms with Crippen molar-refractivity contribution >= 4 is 47.2 Å². The van der Waals surface area contributed by atoms with Gasteiger partial charge < -0.3 is 10.0 Å². The van der Waals surface area contributed by atoms with E-state index in [9.17, 15) is 9.90 Å². The first-order valence-electron chi connectivity index (χ1n) is 9.52. The van der Waals surface area contributed by atoms with E-state index in [2.05, 4.69) is 27.6 Å². The quantitative estimate of drug-likeness (QED) is 0.122. The fourth-order valence-corrected chi connectivity index (χ4v) is 3.50. The molecule has 0 saturated heterocycles. The van der Waals surface area contributed by atoms with Crippen molar-refractivity contribution in [3.05, 3.63) is 59.4 Å². The molecule has 1 heterocycles. The molecule has 1 aromatic heterocycles. The molecule has 0 unspecified atom stereocenters. The molecule has 12 heteroatoms. The van der Waals surface area contributed by atoms with Crippen LogP contribution in [0.2, 0.25) is 0 Å². The van der Waals surface area contributed by atoms with E-state index in [4.69, 9.17) is 21.5 Å². The van der Waals surface area contributed by atoms with Crippen LogP contribution in [0.4, 0.5) is 11.4 Å². The van der Waals surface area contributed by atoms with Crippen molar-refractivity contribution < 1.29 is 19.2 Å². The SMILES string of the molecule is C=C(C)c1ccc(SOONc2ccc(-n3[nH]nnc3=S)cc2)cc1N(CC)CC(=O)O. The van der Waals surface area contributed by atoms with Gasteiger partial charge in [0, 0.05) is 22.7 Å². The summed E-state index contributed by atoms with van der Waals surface area (Å²) >= 11 is 6.06. The highest BCUT2D eigenvalue weighted by molar-refractivity contribution is 7.94. The van der Waals surface area contributed by atoms with Crippen molar-refractivity contribution in [3.8, 4) is 5.69 Å². The summed E-state index contributed by atoms with van der Waals surface area (Å²) in [4.78, 5) is 18.8. The number of aromatic nitrogens is 4. The molecular formula is C20H22N6O4S2. The Hall–Kier alpha value is -3.19. The Kier molecular flexibility index (Phi) is 8.00.